The molecule has 0 aromatic carbocycles. The minimum absolute atomic E-state index is 0.567. The van der Waals surface area contributed by atoms with Gasteiger partial charge in [-0.3, -0.25) is 0 Å². The van der Waals surface area contributed by atoms with Gasteiger partial charge in [0.1, 0.15) is 0 Å². The van der Waals surface area contributed by atoms with Crippen molar-refractivity contribution >= 4 is 25.3 Å². The second-order valence-corrected chi connectivity index (χ2v) is 2.15. The van der Waals surface area contributed by atoms with Crippen molar-refractivity contribution in [3.63, 3.8) is 0 Å². The van der Waals surface area contributed by atoms with E-state index in [-0.39, 0.29) is 0 Å². The van der Waals surface area contributed by atoms with Crippen LogP contribution in [0.15, 0.2) is 28.3 Å². The van der Waals surface area contributed by atoms with Gasteiger partial charge >= 0.3 is 0 Å². The predicted octanol–water partition coefficient (Wildman–Crippen LogP) is 0.893. The smallest absolute Gasteiger partial charge is 0.0623 e. The lowest BCUT2D eigenvalue weighted by Crippen LogP contribution is -1.80. The van der Waals surface area contributed by atoms with E-state index in [0.717, 1.165) is 0 Å². The third-order valence-electron chi connectivity index (χ3n) is 0.698. The van der Waals surface area contributed by atoms with Gasteiger partial charge in [-0.25, -0.2) is 0 Å². The van der Waals surface area contributed by atoms with E-state index in [1.807, 2.05) is 0 Å². The summed E-state index contributed by atoms with van der Waals surface area (Å²) in [6.45, 7) is 0. The van der Waals surface area contributed by atoms with Crippen LogP contribution in [0.4, 0.5) is 0 Å². The molecule has 1 aromatic rings. The normalized spacial score (nSPS) is 9.00. The molecule has 8 heavy (non-hydrogen) atoms. The van der Waals surface area contributed by atoms with Crippen LogP contribution in [0.1, 0.15) is 0 Å². The highest BCUT2D eigenvalue weighted by Crippen LogP contribution is 1.94. The lowest BCUT2D eigenvalue weighted by atomic mass is 10.5. The fourth-order valence-corrected chi connectivity index (χ4v) is 0.808. The van der Waals surface area contributed by atoms with Crippen molar-refractivity contribution in [1.82, 2.24) is 4.98 Å². The molecule has 0 aliphatic heterocycles. The zero-order valence-corrected chi connectivity index (χ0v) is 5.63. The van der Waals surface area contributed by atoms with E-state index < -0.39 is 0 Å². The average molecular weight is 141 g/mol. The number of hydrogen-bond donors (Lipinski definition) is 0. The molecule has 1 nitrogen and oxygen atoms in total. The molecule has 1 aromatic heterocycles. The van der Waals surface area contributed by atoms with Crippen LogP contribution in [0.3, 0.4) is 0 Å². The summed E-state index contributed by atoms with van der Waals surface area (Å²) in [5.41, 5.74) is 0. The van der Waals surface area contributed by atoms with Crippen molar-refractivity contribution in [3.8, 4) is 0 Å². The largest absolute Gasteiger partial charge is 0.760 e. The van der Waals surface area contributed by atoms with E-state index in [1.165, 1.54) is 0 Å². The molecule has 3 heteroatoms. The molecule has 0 aliphatic carbocycles. The van der Waals surface area contributed by atoms with Crippen LogP contribution >= 0.6 is 0 Å². The first-order chi connectivity index (χ1) is 3.79. The van der Waals surface area contributed by atoms with Crippen LogP contribution in [0.25, 0.3) is 0 Å². The fraction of sp³-hybridized carbons (Fsp3) is 0. The molecule has 0 atom stereocenters. The lowest BCUT2D eigenvalue weighted by Gasteiger charge is -2.08. The summed E-state index contributed by atoms with van der Waals surface area (Å²) >= 11 is 9.44. The number of rotatable bonds is 0. The van der Waals surface area contributed by atoms with Gasteiger partial charge in [0.15, 0.2) is 0 Å². The van der Waals surface area contributed by atoms with Crippen molar-refractivity contribution in [2.24, 2.45) is 0 Å². The monoisotopic (exact) mass is 141 g/mol. The Kier molecular flexibility index (Phi) is 1.60. The highest BCUT2D eigenvalue weighted by molar-refractivity contribution is 7.59. The summed E-state index contributed by atoms with van der Waals surface area (Å²) < 4.78 is 0. The maximum atomic E-state index is 4.72. The van der Waals surface area contributed by atoms with E-state index in [2.05, 4.69) is 4.98 Å². The Morgan fingerprint density at radius 1 is 1.12 bits per heavy atom. The summed E-state index contributed by atoms with van der Waals surface area (Å²) in [5, 5.41) is 1.13. The van der Waals surface area contributed by atoms with Crippen LogP contribution in [0.5, 0.6) is 0 Å². The van der Waals surface area contributed by atoms with Gasteiger partial charge in [0.25, 0.3) is 0 Å². The molecule has 0 aliphatic rings. The van der Waals surface area contributed by atoms with E-state index in [9.17, 15) is 0 Å². The SMILES string of the molecule is [S-]c1cccc([S-])n1. The molecule has 0 bridgehead atoms. The first-order valence-corrected chi connectivity index (χ1v) is 2.92. The average Bonchev–Trinajstić information content (AvgIpc) is 1.64. The Morgan fingerprint density at radius 3 is 1.88 bits per heavy atom. The standard InChI is InChI=1S/C5H5NS2/c7-4-2-1-3-5(8)6-4/h1-3H,(H2,6,7,8)/p-2. The Hall–Kier alpha value is -0.410. The highest BCUT2D eigenvalue weighted by Gasteiger charge is 1.68. The van der Waals surface area contributed by atoms with Crippen LogP contribution in [0, 0.1) is 0 Å². The second-order valence-electron chi connectivity index (χ2n) is 1.31. The molecule has 0 amide bonds. The minimum atomic E-state index is 0.567. The van der Waals surface area contributed by atoms with Gasteiger partial charge in [-0.2, -0.15) is 0 Å². The summed E-state index contributed by atoms with van der Waals surface area (Å²) in [5.74, 6) is 0. The van der Waals surface area contributed by atoms with Crippen molar-refractivity contribution in [1.29, 1.82) is 0 Å². The van der Waals surface area contributed by atoms with Gasteiger partial charge in [-0.1, -0.05) is 28.3 Å². The van der Waals surface area contributed by atoms with E-state index >= 15 is 0 Å². The van der Waals surface area contributed by atoms with E-state index in [4.69, 9.17) is 25.3 Å². The maximum absolute atomic E-state index is 4.72. The molecular formula is C5H3NS2-2. The summed E-state index contributed by atoms with van der Waals surface area (Å²) in [7, 11) is 0. The molecule has 1 rings (SSSR count). The molecular weight excluding hydrogens is 138 g/mol. The number of aromatic nitrogens is 1. The van der Waals surface area contributed by atoms with Gasteiger partial charge in [-0.05, 0) is 0 Å². The Labute approximate surface area is 59.0 Å². The molecule has 0 saturated carbocycles. The van der Waals surface area contributed by atoms with Gasteiger partial charge in [0, 0.05) is 0 Å². The maximum Gasteiger partial charge on any atom is -0.0623 e. The zero-order valence-electron chi connectivity index (χ0n) is 4.00. The Bertz CT molecular complexity index is 170. The lowest BCUT2D eigenvalue weighted by molar-refractivity contribution is 1.02. The quantitative estimate of drug-likeness (QED) is 0.498. The molecule has 0 unspecified atom stereocenters. The topological polar surface area (TPSA) is 12.9 Å². The van der Waals surface area contributed by atoms with Crippen molar-refractivity contribution in [3.05, 3.63) is 18.2 Å². The summed E-state index contributed by atoms with van der Waals surface area (Å²) in [4.78, 5) is 3.80. The molecule has 0 N–H and O–H groups in total. The van der Waals surface area contributed by atoms with Crippen LogP contribution in [-0.4, -0.2) is 4.98 Å². The summed E-state index contributed by atoms with van der Waals surface area (Å²) in [6, 6.07) is 5.29. The van der Waals surface area contributed by atoms with Gasteiger partial charge in [-0.15, -0.1) is 0 Å². The third kappa shape index (κ3) is 1.28. The van der Waals surface area contributed by atoms with Gasteiger partial charge in [0.05, 0.1) is 0 Å². The van der Waals surface area contributed by atoms with Crippen molar-refractivity contribution < 1.29 is 0 Å². The van der Waals surface area contributed by atoms with Crippen molar-refractivity contribution in [2.45, 2.75) is 10.1 Å². The van der Waals surface area contributed by atoms with Gasteiger partial charge < -0.3 is 30.2 Å². The summed E-state index contributed by atoms with van der Waals surface area (Å²) in [6.07, 6.45) is 0. The number of nitrogens with zero attached hydrogens (tertiary/aromatic N) is 1. The first-order valence-electron chi connectivity index (χ1n) is 2.10. The van der Waals surface area contributed by atoms with Crippen LogP contribution in [0.2, 0.25) is 0 Å². The fourth-order valence-electron chi connectivity index (χ4n) is 0.396. The highest BCUT2D eigenvalue weighted by atomic mass is 32.1. The first kappa shape index (κ1) is 5.72. The van der Waals surface area contributed by atoms with Gasteiger partial charge in [0.2, 0.25) is 0 Å². The molecule has 42 valence electrons. The van der Waals surface area contributed by atoms with Crippen molar-refractivity contribution in [2.75, 3.05) is 0 Å². The third-order valence-corrected chi connectivity index (χ3v) is 1.15. The number of pyridine rings is 1. The molecule has 0 fully saturated rings. The predicted molar refractivity (Wildman–Crippen MR) is 35.5 cm³/mol. The van der Waals surface area contributed by atoms with E-state index in [0.29, 0.717) is 10.1 Å². The van der Waals surface area contributed by atoms with E-state index in [1.54, 1.807) is 18.2 Å². The molecule has 0 radical (unpaired) electrons. The molecule has 1 heterocycles. The Balaban J connectivity index is 3.08. The molecule has 0 saturated heterocycles. The molecule has 0 spiro atoms. The number of hydrogen-bond acceptors (Lipinski definition) is 3. The minimum Gasteiger partial charge on any atom is -0.760 e. The van der Waals surface area contributed by atoms with Crippen LogP contribution < -0.4 is 0 Å². The van der Waals surface area contributed by atoms with Crippen LogP contribution in [-0.2, 0) is 25.3 Å². The zero-order chi connectivity index (χ0) is 5.98. The Morgan fingerprint density at radius 2 is 1.62 bits per heavy atom. The second kappa shape index (κ2) is 2.24.